The lowest BCUT2D eigenvalue weighted by Gasteiger charge is -2.13. The molecule has 4 rings (SSSR count). The summed E-state index contributed by atoms with van der Waals surface area (Å²) in [4.78, 5) is 26.0. The number of anilines is 1. The Morgan fingerprint density at radius 1 is 1.19 bits per heavy atom. The third-order valence-electron chi connectivity index (χ3n) is 5.17. The summed E-state index contributed by atoms with van der Waals surface area (Å²) in [5.74, 6) is -0.184. The highest BCUT2D eigenvalue weighted by atomic mass is 35.5. The average molecular weight is 436 g/mol. The van der Waals surface area contributed by atoms with Crippen LogP contribution in [0.3, 0.4) is 0 Å². The van der Waals surface area contributed by atoms with E-state index in [9.17, 15) is 9.59 Å². The molecule has 1 aliphatic heterocycles. The molecule has 158 valence electrons. The Hall–Kier alpha value is -3.38. The highest BCUT2D eigenvalue weighted by Gasteiger charge is 2.24. The third kappa shape index (κ3) is 4.54. The zero-order valence-corrected chi connectivity index (χ0v) is 18.1. The Morgan fingerprint density at radius 3 is 2.68 bits per heavy atom. The number of carbonyl (C=O) groups is 2. The average Bonchev–Trinajstić information content (AvgIpc) is 3.31. The Bertz CT molecular complexity index is 1170. The Morgan fingerprint density at radius 2 is 1.97 bits per heavy atom. The number of aromatic nitrogens is 2. The lowest BCUT2D eigenvalue weighted by atomic mass is 10.1. The van der Waals surface area contributed by atoms with Crippen LogP contribution in [0.5, 0.6) is 0 Å². The summed E-state index contributed by atoms with van der Waals surface area (Å²) in [5.41, 5.74) is 4.87. The molecule has 0 aliphatic carbocycles. The number of ketones is 1. The van der Waals surface area contributed by atoms with Crippen molar-refractivity contribution in [1.29, 1.82) is 0 Å². The minimum atomic E-state index is -0.400. The van der Waals surface area contributed by atoms with E-state index in [-0.39, 0.29) is 5.78 Å². The van der Waals surface area contributed by atoms with Gasteiger partial charge in [0, 0.05) is 16.8 Å². The molecule has 0 unspecified atom stereocenters. The fourth-order valence-electron chi connectivity index (χ4n) is 3.44. The number of cyclic esters (lactones) is 1. The number of nitrogens with zero attached hydrogens (tertiary/aromatic N) is 3. The van der Waals surface area contributed by atoms with Crippen molar-refractivity contribution in [3.8, 4) is 0 Å². The number of hydrogen-bond acceptors (Lipinski definition) is 4. The molecule has 3 aromatic rings. The first kappa shape index (κ1) is 20.9. The smallest absolute Gasteiger partial charge is 0.414 e. The molecule has 0 atom stereocenters. The Kier molecular flexibility index (Phi) is 5.91. The standard InChI is InChI=1S/C24H22ClN3O3/c1-16-6-8-18(9-7-16)15-28-23(25)21(17(2)26-28)10-11-22(29)19-4-3-5-20(14-19)27-12-13-31-24(27)30/h3-11,14H,12-13,15H2,1-2H3. The van der Waals surface area contributed by atoms with Gasteiger partial charge in [0.15, 0.2) is 5.78 Å². The number of amides is 1. The zero-order chi connectivity index (χ0) is 22.0. The summed E-state index contributed by atoms with van der Waals surface area (Å²) in [6, 6.07) is 15.1. The third-order valence-corrected chi connectivity index (χ3v) is 5.57. The molecule has 0 N–H and O–H groups in total. The van der Waals surface area contributed by atoms with Crippen LogP contribution in [0.15, 0.2) is 54.6 Å². The molecule has 0 spiro atoms. The van der Waals surface area contributed by atoms with Crippen molar-refractivity contribution in [3.63, 3.8) is 0 Å². The maximum absolute atomic E-state index is 12.7. The summed E-state index contributed by atoms with van der Waals surface area (Å²) in [7, 11) is 0. The second-order valence-corrected chi connectivity index (χ2v) is 7.81. The predicted octanol–water partition coefficient (Wildman–Crippen LogP) is 5.05. The van der Waals surface area contributed by atoms with Gasteiger partial charge in [0.05, 0.1) is 18.8 Å². The number of aryl methyl sites for hydroxylation is 2. The molecule has 1 amide bonds. The summed E-state index contributed by atoms with van der Waals surface area (Å²) in [5, 5.41) is 5.00. The maximum Gasteiger partial charge on any atom is 0.414 e. The van der Waals surface area contributed by atoms with Crippen LogP contribution in [0.2, 0.25) is 5.15 Å². The zero-order valence-electron chi connectivity index (χ0n) is 17.3. The highest BCUT2D eigenvalue weighted by molar-refractivity contribution is 6.31. The van der Waals surface area contributed by atoms with E-state index in [0.717, 1.165) is 11.3 Å². The van der Waals surface area contributed by atoms with E-state index in [1.165, 1.54) is 16.5 Å². The molecule has 31 heavy (non-hydrogen) atoms. The molecular weight excluding hydrogens is 414 g/mol. The van der Waals surface area contributed by atoms with Crippen molar-refractivity contribution < 1.29 is 14.3 Å². The molecule has 2 aromatic carbocycles. The molecule has 0 bridgehead atoms. The van der Waals surface area contributed by atoms with Crippen molar-refractivity contribution >= 4 is 35.2 Å². The van der Waals surface area contributed by atoms with Crippen LogP contribution in [-0.2, 0) is 11.3 Å². The summed E-state index contributed by atoms with van der Waals surface area (Å²) in [6.45, 7) is 5.28. The van der Waals surface area contributed by atoms with Crippen LogP contribution in [0.4, 0.5) is 10.5 Å². The molecule has 0 radical (unpaired) electrons. The van der Waals surface area contributed by atoms with Crippen LogP contribution in [0, 0.1) is 13.8 Å². The number of rotatable bonds is 6. The first-order chi connectivity index (χ1) is 14.9. The van der Waals surface area contributed by atoms with Gasteiger partial charge in [0.1, 0.15) is 11.8 Å². The molecular formula is C24H22ClN3O3. The largest absolute Gasteiger partial charge is 0.447 e. The molecule has 7 heteroatoms. The van der Waals surface area contributed by atoms with Crippen molar-refractivity contribution in [2.24, 2.45) is 0 Å². The van der Waals surface area contributed by atoms with Crippen LogP contribution < -0.4 is 4.90 Å². The number of ether oxygens (including phenoxy) is 1. The van der Waals surface area contributed by atoms with Crippen LogP contribution in [0.1, 0.15) is 32.7 Å². The van der Waals surface area contributed by atoms with Gasteiger partial charge in [-0.25, -0.2) is 9.48 Å². The molecule has 1 fully saturated rings. The van der Waals surface area contributed by atoms with Crippen molar-refractivity contribution in [3.05, 3.63) is 87.7 Å². The fraction of sp³-hybridized carbons (Fsp3) is 0.208. The Balaban J connectivity index is 1.52. The van der Waals surface area contributed by atoms with Crippen molar-refractivity contribution in [1.82, 2.24) is 9.78 Å². The van der Waals surface area contributed by atoms with E-state index in [1.807, 2.05) is 26.0 Å². The van der Waals surface area contributed by atoms with Gasteiger partial charge in [-0.1, -0.05) is 53.6 Å². The van der Waals surface area contributed by atoms with Crippen LogP contribution in [-0.4, -0.2) is 34.8 Å². The quantitative estimate of drug-likeness (QED) is 0.401. The molecule has 2 heterocycles. The monoisotopic (exact) mass is 435 g/mol. The first-order valence-corrected chi connectivity index (χ1v) is 10.4. The predicted molar refractivity (Wildman–Crippen MR) is 121 cm³/mol. The van der Waals surface area contributed by atoms with Gasteiger partial charge in [-0.05, 0) is 43.7 Å². The summed E-state index contributed by atoms with van der Waals surface area (Å²) in [6.07, 6.45) is 2.77. The molecule has 1 saturated heterocycles. The highest BCUT2D eigenvalue weighted by Crippen LogP contribution is 2.24. The second-order valence-electron chi connectivity index (χ2n) is 7.45. The maximum atomic E-state index is 12.7. The number of hydrogen-bond donors (Lipinski definition) is 0. The van der Waals surface area contributed by atoms with Gasteiger partial charge in [-0.15, -0.1) is 0 Å². The summed E-state index contributed by atoms with van der Waals surface area (Å²) >= 11 is 6.55. The molecule has 1 aromatic heterocycles. The van der Waals surface area contributed by atoms with Gasteiger partial charge in [-0.2, -0.15) is 5.10 Å². The molecule has 0 saturated carbocycles. The fourth-order valence-corrected chi connectivity index (χ4v) is 3.74. The minimum absolute atomic E-state index is 0.184. The van der Waals surface area contributed by atoms with E-state index >= 15 is 0 Å². The van der Waals surface area contributed by atoms with E-state index in [0.29, 0.717) is 41.7 Å². The van der Waals surface area contributed by atoms with Crippen molar-refractivity contribution in [2.75, 3.05) is 18.1 Å². The van der Waals surface area contributed by atoms with Crippen molar-refractivity contribution in [2.45, 2.75) is 20.4 Å². The molecule has 6 nitrogen and oxygen atoms in total. The number of carbonyl (C=O) groups excluding carboxylic acids is 2. The van der Waals surface area contributed by atoms with Gasteiger partial charge in [0.25, 0.3) is 0 Å². The van der Waals surface area contributed by atoms with Gasteiger partial charge < -0.3 is 4.74 Å². The Labute approximate surface area is 185 Å². The van der Waals surface area contributed by atoms with Gasteiger partial charge >= 0.3 is 6.09 Å². The topological polar surface area (TPSA) is 64.4 Å². The first-order valence-electron chi connectivity index (χ1n) is 9.97. The second kappa shape index (κ2) is 8.78. The summed E-state index contributed by atoms with van der Waals surface area (Å²) < 4.78 is 6.69. The van der Waals surface area contributed by atoms with Crippen LogP contribution >= 0.6 is 11.6 Å². The SMILES string of the molecule is Cc1ccc(Cn2nc(C)c(C=CC(=O)c3cccc(N4CCOC4=O)c3)c2Cl)cc1. The lowest BCUT2D eigenvalue weighted by molar-refractivity contribution is 0.104. The van der Waals surface area contributed by atoms with E-state index < -0.39 is 6.09 Å². The lowest BCUT2D eigenvalue weighted by Crippen LogP contribution is -2.23. The number of halogens is 1. The number of allylic oxidation sites excluding steroid dienone is 1. The number of benzene rings is 2. The van der Waals surface area contributed by atoms with Gasteiger partial charge in [-0.3, -0.25) is 9.69 Å². The van der Waals surface area contributed by atoms with E-state index in [1.54, 1.807) is 35.0 Å². The normalized spacial score (nSPS) is 13.8. The van der Waals surface area contributed by atoms with E-state index in [2.05, 4.69) is 17.2 Å². The molecule has 1 aliphatic rings. The van der Waals surface area contributed by atoms with E-state index in [4.69, 9.17) is 16.3 Å². The minimum Gasteiger partial charge on any atom is -0.447 e. The van der Waals surface area contributed by atoms with Crippen LogP contribution in [0.25, 0.3) is 6.08 Å². The van der Waals surface area contributed by atoms with Gasteiger partial charge in [0.2, 0.25) is 0 Å².